The third-order valence-corrected chi connectivity index (χ3v) is 5.41. The minimum atomic E-state index is -3.77. The summed E-state index contributed by atoms with van der Waals surface area (Å²) >= 11 is 0. The van der Waals surface area contributed by atoms with E-state index in [1.54, 1.807) is 26.2 Å². The molecule has 0 aliphatic rings. The normalized spacial score (nSPS) is 12.8. The molecular weight excluding hydrogens is 359 g/mol. The van der Waals surface area contributed by atoms with Crippen LogP contribution in [0.4, 0.5) is 4.39 Å². The molecule has 2 aromatic rings. The molecule has 0 saturated carbocycles. The average Bonchev–Trinajstić information content (AvgIpc) is 2.60. The van der Waals surface area contributed by atoms with Crippen molar-refractivity contribution in [2.45, 2.75) is 10.9 Å². The highest BCUT2D eigenvalue weighted by Gasteiger charge is 2.21. The van der Waals surface area contributed by atoms with Crippen LogP contribution in [0.15, 0.2) is 47.4 Å². The maximum absolute atomic E-state index is 13.5. The van der Waals surface area contributed by atoms with Crippen molar-refractivity contribution in [2.75, 3.05) is 34.9 Å². The lowest BCUT2D eigenvalue weighted by Gasteiger charge is -2.25. The van der Waals surface area contributed by atoms with E-state index in [4.69, 9.17) is 9.47 Å². The van der Waals surface area contributed by atoms with Crippen molar-refractivity contribution in [3.63, 3.8) is 0 Å². The molecule has 1 N–H and O–H groups in total. The van der Waals surface area contributed by atoms with Crippen LogP contribution in [0.25, 0.3) is 0 Å². The molecule has 0 bridgehead atoms. The Kier molecular flexibility index (Phi) is 6.57. The van der Waals surface area contributed by atoms with E-state index in [1.807, 2.05) is 4.90 Å². The smallest absolute Gasteiger partial charge is 0.240 e. The first-order valence-corrected chi connectivity index (χ1v) is 9.40. The van der Waals surface area contributed by atoms with Crippen LogP contribution in [-0.4, -0.2) is 48.2 Å². The van der Waals surface area contributed by atoms with E-state index >= 15 is 0 Å². The molecule has 0 aromatic heterocycles. The average molecular weight is 382 g/mol. The molecule has 0 fully saturated rings. The van der Waals surface area contributed by atoms with Gasteiger partial charge in [0.05, 0.1) is 19.1 Å². The first-order valence-electron chi connectivity index (χ1n) is 7.92. The van der Waals surface area contributed by atoms with Crippen molar-refractivity contribution < 1.29 is 22.3 Å². The second-order valence-electron chi connectivity index (χ2n) is 5.90. The maximum Gasteiger partial charge on any atom is 0.240 e. The number of sulfonamides is 1. The van der Waals surface area contributed by atoms with Gasteiger partial charge < -0.3 is 14.4 Å². The molecule has 0 amide bonds. The molecule has 0 unspecified atom stereocenters. The van der Waals surface area contributed by atoms with Crippen LogP contribution in [0, 0.1) is 5.82 Å². The van der Waals surface area contributed by atoms with Crippen LogP contribution < -0.4 is 14.2 Å². The number of methoxy groups -OCH3 is 2. The molecule has 2 aromatic carbocycles. The van der Waals surface area contributed by atoms with Gasteiger partial charge in [-0.2, -0.15) is 0 Å². The fourth-order valence-corrected chi connectivity index (χ4v) is 3.62. The number of nitrogens with zero attached hydrogens (tertiary/aromatic N) is 1. The molecule has 0 aliphatic carbocycles. The van der Waals surface area contributed by atoms with Gasteiger partial charge in [-0.3, -0.25) is 0 Å². The Morgan fingerprint density at radius 3 is 2.35 bits per heavy atom. The lowest BCUT2D eigenvalue weighted by Crippen LogP contribution is -2.34. The molecule has 0 heterocycles. The van der Waals surface area contributed by atoms with Gasteiger partial charge in [-0.1, -0.05) is 12.1 Å². The zero-order chi connectivity index (χ0) is 19.3. The second-order valence-corrected chi connectivity index (χ2v) is 7.67. The third kappa shape index (κ3) is 4.72. The molecular formula is C18H23FN2O4S. The topological polar surface area (TPSA) is 67.9 Å². The van der Waals surface area contributed by atoms with Gasteiger partial charge in [0.15, 0.2) is 11.5 Å². The first-order chi connectivity index (χ1) is 12.3. The number of hydrogen-bond donors (Lipinski definition) is 1. The molecule has 0 saturated heterocycles. The predicted molar refractivity (Wildman–Crippen MR) is 97.6 cm³/mol. The van der Waals surface area contributed by atoms with E-state index in [-0.39, 0.29) is 23.3 Å². The molecule has 0 spiro atoms. The van der Waals surface area contributed by atoms with Crippen molar-refractivity contribution in [3.05, 3.63) is 53.8 Å². The van der Waals surface area contributed by atoms with Crippen LogP contribution >= 0.6 is 0 Å². The molecule has 26 heavy (non-hydrogen) atoms. The van der Waals surface area contributed by atoms with Gasteiger partial charge in [0.1, 0.15) is 5.82 Å². The van der Waals surface area contributed by atoms with Gasteiger partial charge >= 0.3 is 0 Å². The number of rotatable bonds is 8. The van der Waals surface area contributed by atoms with E-state index in [1.165, 1.54) is 44.6 Å². The van der Waals surface area contributed by atoms with Crippen molar-refractivity contribution in [1.82, 2.24) is 9.62 Å². The Bertz CT molecular complexity index is 856. The third-order valence-electron chi connectivity index (χ3n) is 3.99. The van der Waals surface area contributed by atoms with Crippen LogP contribution in [0.1, 0.15) is 11.6 Å². The quantitative estimate of drug-likeness (QED) is 0.760. The Morgan fingerprint density at radius 1 is 1.08 bits per heavy atom. The molecule has 2 rings (SSSR count). The van der Waals surface area contributed by atoms with Gasteiger partial charge in [-0.25, -0.2) is 17.5 Å². The van der Waals surface area contributed by atoms with Crippen molar-refractivity contribution in [1.29, 1.82) is 0 Å². The number of ether oxygens (including phenoxy) is 2. The molecule has 142 valence electrons. The largest absolute Gasteiger partial charge is 0.493 e. The monoisotopic (exact) mass is 382 g/mol. The Hall–Kier alpha value is -2.16. The summed E-state index contributed by atoms with van der Waals surface area (Å²) < 4.78 is 51.6. The van der Waals surface area contributed by atoms with Crippen molar-refractivity contribution >= 4 is 10.0 Å². The number of nitrogens with one attached hydrogen (secondary N) is 1. The highest BCUT2D eigenvalue weighted by atomic mass is 32.2. The summed E-state index contributed by atoms with van der Waals surface area (Å²) in [7, 11) is 2.76. The summed E-state index contributed by atoms with van der Waals surface area (Å²) in [4.78, 5) is 1.89. The molecule has 0 radical (unpaired) electrons. The molecule has 8 heteroatoms. The number of benzene rings is 2. The summed E-state index contributed by atoms with van der Waals surface area (Å²) in [6.07, 6.45) is 0. The van der Waals surface area contributed by atoms with Crippen LogP contribution in [0.2, 0.25) is 0 Å². The zero-order valence-electron chi connectivity index (χ0n) is 15.2. The molecule has 6 nitrogen and oxygen atoms in total. The van der Waals surface area contributed by atoms with E-state index in [0.717, 1.165) is 0 Å². The van der Waals surface area contributed by atoms with Gasteiger partial charge in [0, 0.05) is 18.7 Å². The summed E-state index contributed by atoms with van der Waals surface area (Å²) in [5.74, 6) is 0.402. The van der Waals surface area contributed by atoms with Crippen LogP contribution in [-0.2, 0) is 10.0 Å². The lowest BCUT2D eigenvalue weighted by molar-refractivity contribution is 0.298. The fourth-order valence-electron chi connectivity index (χ4n) is 2.57. The SMILES string of the molecule is COc1ccc(S(=O)(=O)NC[C@H](c2cccc(F)c2)N(C)C)cc1OC. The van der Waals surface area contributed by atoms with Crippen LogP contribution in [0.3, 0.4) is 0 Å². The van der Waals surface area contributed by atoms with E-state index < -0.39 is 10.0 Å². The predicted octanol–water partition coefficient (Wildman–Crippen LogP) is 2.42. The Morgan fingerprint density at radius 2 is 1.77 bits per heavy atom. The fraction of sp³-hybridized carbons (Fsp3) is 0.333. The number of hydrogen-bond acceptors (Lipinski definition) is 5. The molecule has 0 aliphatic heterocycles. The summed E-state index contributed by atoms with van der Waals surface area (Å²) in [6, 6.07) is 10.2. The summed E-state index contributed by atoms with van der Waals surface area (Å²) in [6.45, 7) is 0.0904. The number of likely N-dealkylation sites (N-methyl/N-ethyl adjacent to an activating group) is 1. The van der Waals surface area contributed by atoms with Gasteiger partial charge in [-0.05, 0) is 43.9 Å². The summed E-state index contributed by atoms with van der Waals surface area (Å²) in [5, 5.41) is 0. The van der Waals surface area contributed by atoms with Crippen LogP contribution in [0.5, 0.6) is 11.5 Å². The number of halogens is 1. The Balaban J connectivity index is 2.22. The van der Waals surface area contributed by atoms with Crippen molar-refractivity contribution in [3.8, 4) is 11.5 Å². The first kappa shape index (κ1) is 20.2. The van der Waals surface area contributed by atoms with Crippen molar-refractivity contribution in [2.24, 2.45) is 0 Å². The van der Waals surface area contributed by atoms with E-state index in [2.05, 4.69) is 4.72 Å². The van der Waals surface area contributed by atoms with Gasteiger partial charge in [0.25, 0.3) is 0 Å². The lowest BCUT2D eigenvalue weighted by atomic mass is 10.1. The Labute approximate surface area is 153 Å². The maximum atomic E-state index is 13.5. The minimum absolute atomic E-state index is 0.0619. The van der Waals surface area contributed by atoms with E-state index in [0.29, 0.717) is 17.1 Å². The standard InChI is InChI=1S/C18H23FN2O4S/c1-21(2)16(13-6-5-7-14(19)10-13)12-20-26(22,23)15-8-9-17(24-3)18(11-15)25-4/h5-11,16,20H,12H2,1-4H3/t16-/m1/s1. The minimum Gasteiger partial charge on any atom is -0.493 e. The zero-order valence-corrected chi connectivity index (χ0v) is 16.0. The molecule has 1 atom stereocenters. The van der Waals surface area contributed by atoms with E-state index in [9.17, 15) is 12.8 Å². The second kappa shape index (κ2) is 8.48. The summed E-state index contributed by atoms with van der Waals surface area (Å²) in [5.41, 5.74) is 0.685. The highest BCUT2D eigenvalue weighted by molar-refractivity contribution is 7.89. The van der Waals surface area contributed by atoms with Gasteiger partial charge in [-0.15, -0.1) is 0 Å². The highest BCUT2D eigenvalue weighted by Crippen LogP contribution is 2.29. The van der Waals surface area contributed by atoms with Gasteiger partial charge in [0.2, 0.25) is 10.0 Å².